The van der Waals surface area contributed by atoms with Crippen molar-refractivity contribution in [2.75, 3.05) is 40.1 Å². The lowest BCUT2D eigenvalue weighted by Gasteiger charge is -2.32. The number of methoxy groups -OCH3 is 1. The number of alkyl halides is 4. The second-order valence-corrected chi connectivity index (χ2v) is 12.0. The monoisotopic (exact) mass is 658 g/mol. The second-order valence-electron chi connectivity index (χ2n) is 9.04. The van der Waals surface area contributed by atoms with Gasteiger partial charge in [-0.1, -0.05) is 76.7 Å². The van der Waals surface area contributed by atoms with E-state index >= 15 is 0 Å². The highest BCUT2D eigenvalue weighted by atomic mass is 35.6. The lowest BCUT2D eigenvalue weighted by Crippen LogP contribution is -2.37. The number of amides is 2. The molecular weight excluding hydrogens is 637 g/mol. The van der Waals surface area contributed by atoms with Crippen LogP contribution in [0.5, 0.6) is 0 Å². The van der Waals surface area contributed by atoms with Crippen LogP contribution in [0.4, 0.5) is 4.39 Å². The molecule has 2 aromatic rings. The number of hydrogen-bond acceptors (Lipinski definition) is 8. The maximum absolute atomic E-state index is 14.4. The number of imide groups is 1. The number of ether oxygens (including phenoxy) is 3. The lowest BCUT2D eigenvalue weighted by atomic mass is 9.80. The van der Waals surface area contributed by atoms with Gasteiger partial charge in [0.25, 0.3) is 11.8 Å². The van der Waals surface area contributed by atoms with Gasteiger partial charge in [0.1, 0.15) is 13.3 Å². The number of carbonyl (C=O) groups excluding carboxylic acids is 4. The molecule has 0 fully saturated rings. The molecule has 0 radical (unpaired) electrons. The lowest BCUT2D eigenvalue weighted by molar-refractivity contribution is -0.139. The SMILES string of the molecule is COC(=O)C1=C(CF)NC(COCCN2C(=O)c3ccccc3C2=O)=C(C(=O)OCC(Cl)(Cl)Cl)C1c1ccccc1Cl. The summed E-state index contributed by atoms with van der Waals surface area (Å²) in [5.74, 6) is -4.10. The Balaban J connectivity index is 1.66. The number of halogens is 5. The van der Waals surface area contributed by atoms with Gasteiger partial charge in [0.2, 0.25) is 3.79 Å². The fourth-order valence-electron chi connectivity index (χ4n) is 4.64. The Labute approximate surface area is 260 Å². The molecule has 4 rings (SSSR count). The number of fused-ring (bicyclic) bond motifs is 1. The molecule has 2 aromatic carbocycles. The fraction of sp³-hybridized carbons (Fsp3) is 0.286. The Morgan fingerprint density at radius 2 is 1.55 bits per heavy atom. The van der Waals surface area contributed by atoms with E-state index in [0.29, 0.717) is 0 Å². The molecule has 1 atom stereocenters. The molecule has 0 spiro atoms. The molecule has 222 valence electrons. The Kier molecular flexibility index (Phi) is 10.2. The molecule has 0 saturated carbocycles. The summed E-state index contributed by atoms with van der Waals surface area (Å²) in [6.07, 6.45) is 0. The molecule has 0 saturated heterocycles. The first-order valence-electron chi connectivity index (χ1n) is 12.4. The standard InChI is InChI=1S/C28H23Cl4FN2O7/c1-40-26(38)22-19(12-33)34-20(13-41-11-10-35-24(36)15-6-2-3-7-16(15)25(35)37)23(27(39)42-14-28(30,31)32)21(22)17-8-4-5-9-18(17)29/h2-9,21,34H,10-14H2,1H3. The average molecular weight is 660 g/mol. The zero-order valence-corrected chi connectivity index (χ0v) is 25.0. The quantitative estimate of drug-likeness (QED) is 0.166. The molecule has 2 amide bonds. The fourth-order valence-corrected chi connectivity index (χ4v) is 5.05. The van der Waals surface area contributed by atoms with Gasteiger partial charge in [0.05, 0.1) is 66.5 Å². The van der Waals surface area contributed by atoms with Crippen LogP contribution in [0.25, 0.3) is 0 Å². The highest BCUT2D eigenvalue weighted by molar-refractivity contribution is 6.67. The molecule has 0 bridgehead atoms. The molecule has 2 heterocycles. The number of hydrogen-bond donors (Lipinski definition) is 1. The number of esters is 2. The van der Waals surface area contributed by atoms with Crippen molar-refractivity contribution in [2.45, 2.75) is 9.71 Å². The number of benzene rings is 2. The zero-order valence-electron chi connectivity index (χ0n) is 21.9. The van der Waals surface area contributed by atoms with Gasteiger partial charge >= 0.3 is 11.9 Å². The maximum Gasteiger partial charge on any atom is 0.337 e. The number of allylic oxidation sites excluding steroid dienone is 1. The van der Waals surface area contributed by atoms with Gasteiger partial charge in [-0.05, 0) is 23.8 Å². The summed E-state index contributed by atoms with van der Waals surface area (Å²) in [7, 11) is 1.11. The van der Waals surface area contributed by atoms with Crippen molar-refractivity contribution in [1.29, 1.82) is 0 Å². The third kappa shape index (κ3) is 6.74. The molecule has 42 heavy (non-hydrogen) atoms. The average Bonchev–Trinajstić information content (AvgIpc) is 3.21. The molecule has 1 N–H and O–H groups in total. The third-order valence-corrected chi connectivity index (χ3v) is 7.13. The first-order chi connectivity index (χ1) is 20.0. The van der Waals surface area contributed by atoms with Crippen LogP contribution in [0.3, 0.4) is 0 Å². The predicted molar refractivity (Wildman–Crippen MR) is 153 cm³/mol. The van der Waals surface area contributed by atoms with Gasteiger partial charge in [0, 0.05) is 5.02 Å². The van der Waals surface area contributed by atoms with Gasteiger partial charge in [-0.25, -0.2) is 14.0 Å². The molecule has 0 aliphatic carbocycles. The minimum Gasteiger partial charge on any atom is -0.466 e. The highest BCUT2D eigenvalue weighted by Gasteiger charge is 2.41. The largest absolute Gasteiger partial charge is 0.466 e. The Hall–Kier alpha value is -3.15. The number of nitrogens with zero attached hydrogens (tertiary/aromatic N) is 1. The summed E-state index contributed by atoms with van der Waals surface area (Å²) in [4.78, 5) is 52.8. The second kappa shape index (κ2) is 13.4. The topological polar surface area (TPSA) is 111 Å². The van der Waals surface area contributed by atoms with E-state index in [1.54, 1.807) is 42.5 Å². The van der Waals surface area contributed by atoms with Crippen LogP contribution in [-0.4, -0.2) is 72.6 Å². The van der Waals surface area contributed by atoms with Crippen molar-refractivity contribution in [3.05, 3.63) is 92.8 Å². The number of rotatable bonds is 10. The van der Waals surface area contributed by atoms with Crippen LogP contribution in [0.15, 0.2) is 71.1 Å². The van der Waals surface area contributed by atoms with Crippen LogP contribution in [0.2, 0.25) is 5.02 Å². The maximum atomic E-state index is 14.4. The van der Waals surface area contributed by atoms with E-state index in [0.717, 1.165) is 12.0 Å². The van der Waals surface area contributed by atoms with E-state index in [9.17, 15) is 23.6 Å². The van der Waals surface area contributed by atoms with Gasteiger partial charge in [-0.3, -0.25) is 14.5 Å². The van der Waals surface area contributed by atoms with Crippen LogP contribution >= 0.6 is 46.4 Å². The first-order valence-corrected chi connectivity index (χ1v) is 13.9. The molecule has 2 aliphatic rings. The van der Waals surface area contributed by atoms with E-state index in [1.807, 2.05) is 0 Å². The van der Waals surface area contributed by atoms with Gasteiger partial charge in [-0.15, -0.1) is 0 Å². The summed E-state index contributed by atoms with van der Waals surface area (Å²) >= 11 is 23.8. The van der Waals surface area contributed by atoms with Crippen LogP contribution < -0.4 is 5.32 Å². The molecule has 2 aliphatic heterocycles. The van der Waals surface area contributed by atoms with E-state index in [4.69, 9.17) is 60.6 Å². The Morgan fingerprint density at radius 1 is 0.952 bits per heavy atom. The van der Waals surface area contributed by atoms with Crippen molar-refractivity contribution in [3.63, 3.8) is 0 Å². The van der Waals surface area contributed by atoms with Gasteiger partial charge in [-0.2, -0.15) is 0 Å². The molecule has 1 unspecified atom stereocenters. The Morgan fingerprint density at radius 3 is 2.12 bits per heavy atom. The van der Waals surface area contributed by atoms with E-state index in [1.165, 1.54) is 6.07 Å². The van der Waals surface area contributed by atoms with Crippen LogP contribution in [0, 0.1) is 0 Å². The minimum absolute atomic E-state index is 0.0249. The number of nitrogens with one attached hydrogen (secondary N) is 1. The summed E-state index contributed by atoms with van der Waals surface area (Å²) in [5, 5.41) is 2.91. The minimum atomic E-state index is -1.95. The predicted octanol–water partition coefficient (Wildman–Crippen LogP) is 4.90. The Bertz CT molecular complexity index is 1450. The normalized spacial score (nSPS) is 16.9. The summed E-state index contributed by atoms with van der Waals surface area (Å²) in [5.41, 5.74) is 0.291. The van der Waals surface area contributed by atoms with Crippen LogP contribution in [-0.2, 0) is 23.8 Å². The summed E-state index contributed by atoms with van der Waals surface area (Å²) < 4.78 is 28.3. The molecule has 9 nitrogen and oxygen atoms in total. The molecule has 0 aromatic heterocycles. The molecule has 14 heteroatoms. The summed E-state index contributed by atoms with van der Waals surface area (Å²) in [6.45, 7) is -2.36. The van der Waals surface area contributed by atoms with Crippen molar-refractivity contribution in [2.24, 2.45) is 0 Å². The van der Waals surface area contributed by atoms with Crippen molar-refractivity contribution in [3.8, 4) is 0 Å². The number of dihydropyridines is 1. The zero-order chi connectivity index (χ0) is 30.6. The van der Waals surface area contributed by atoms with E-state index in [2.05, 4.69) is 5.32 Å². The number of carbonyl (C=O) groups is 4. The highest BCUT2D eigenvalue weighted by Crippen LogP contribution is 2.42. The van der Waals surface area contributed by atoms with E-state index in [-0.39, 0.29) is 64.0 Å². The smallest absolute Gasteiger partial charge is 0.337 e. The first kappa shape index (κ1) is 31.8. The third-order valence-electron chi connectivity index (χ3n) is 6.46. The van der Waals surface area contributed by atoms with Crippen molar-refractivity contribution >= 4 is 70.2 Å². The van der Waals surface area contributed by atoms with Gasteiger partial charge in [0.15, 0.2) is 0 Å². The summed E-state index contributed by atoms with van der Waals surface area (Å²) in [6, 6.07) is 12.8. The van der Waals surface area contributed by atoms with E-state index < -0.39 is 46.7 Å². The van der Waals surface area contributed by atoms with Crippen molar-refractivity contribution in [1.82, 2.24) is 10.2 Å². The molecular formula is C28H23Cl4FN2O7. The van der Waals surface area contributed by atoms with Crippen LogP contribution in [0.1, 0.15) is 32.2 Å². The van der Waals surface area contributed by atoms with Gasteiger partial charge < -0.3 is 19.5 Å². The van der Waals surface area contributed by atoms with Crippen molar-refractivity contribution < 1.29 is 37.8 Å².